The Labute approximate surface area is 135 Å². The van der Waals surface area contributed by atoms with Crippen LogP contribution >= 0.6 is 0 Å². The summed E-state index contributed by atoms with van der Waals surface area (Å²) in [6.07, 6.45) is 4.58. The van der Waals surface area contributed by atoms with Crippen molar-refractivity contribution in [3.63, 3.8) is 0 Å². The highest BCUT2D eigenvalue weighted by Crippen LogP contribution is 2.24. The summed E-state index contributed by atoms with van der Waals surface area (Å²) >= 11 is 0. The van der Waals surface area contributed by atoms with E-state index in [1.54, 1.807) is 4.90 Å². The average Bonchev–Trinajstić information content (AvgIpc) is 2.98. The highest BCUT2D eigenvalue weighted by Gasteiger charge is 2.28. The molecule has 5 heteroatoms. The molecule has 2 N–H and O–H groups in total. The van der Waals surface area contributed by atoms with E-state index in [1.165, 1.54) is 5.56 Å². The number of nitrogens with zero attached hydrogens (tertiary/aromatic N) is 1. The molecule has 1 aromatic heterocycles. The van der Waals surface area contributed by atoms with E-state index in [2.05, 4.69) is 18.0 Å². The number of aromatic nitrogens is 1. The van der Waals surface area contributed by atoms with Crippen molar-refractivity contribution in [2.24, 2.45) is 5.92 Å². The van der Waals surface area contributed by atoms with Crippen LogP contribution in [0.4, 0.5) is 0 Å². The molecule has 1 saturated heterocycles. The molecule has 122 valence electrons. The van der Waals surface area contributed by atoms with Gasteiger partial charge in [-0.1, -0.05) is 25.1 Å². The minimum atomic E-state index is -0.804. The Balaban J connectivity index is 1.77. The number of aliphatic carboxylic acids is 1. The molecule has 23 heavy (non-hydrogen) atoms. The molecule has 1 aliphatic heterocycles. The molecule has 0 aliphatic carbocycles. The Morgan fingerprint density at radius 2 is 2.17 bits per heavy atom. The fourth-order valence-corrected chi connectivity index (χ4v) is 3.40. The van der Waals surface area contributed by atoms with Crippen LogP contribution in [0, 0.1) is 5.92 Å². The normalized spacial score (nSPS) is 18.3. The second kappa shape index (κ2) is 6.44. The molecule has 1 atom stereocenters. The van der Waals surface area contributed by atoms with Gasteiger partial charge in [0.2, 0.25) is 5.91 Å². The minimum Gasteiger partial charge on any atom is -0.481 e. The maximum Gasteiger partial charge on any atom is 0.308 e. The van der Waals surface area contributed by atoms with Crippen LogP contribution in [0.1, 0.15) is 30.9 Å². The van der Waals surface area contributed by atoms with Crippen LogP contribution in [0.2, 0.25) is 0 Å². The lowest BCUT2D eigenvalue weighted by Crippen LogP contribution is -2.42. The number of amides is 1. The fourth-order valence-electron chi connectivity index (χ4n) is 3.40. The van der Waals surface area contributed by atoms with Gasteiger partial charge < -0.3 is 15.0 Å². The summed E-state index contributed by atoms with van der Waals surface area (Å²) in [4.78, 5) is 28.7. The van der Waals surface area contributed by atoms with Gasteiger partial charge in [-0.15, -0.1) is 0 Å². The fraction of sp³-hybridized carbons (Fsp3) is 0.444. The molecule has 0 spiro atoms. The van der Waals surface area contributed by atoms with Gasteiger partial charge in [0.05, 0.1) is 12.3 Å². The lowest BCUT2D eigenvalue weighted by atomic mass is 9.97. The molecule has 2 heterocycles. The first-order valence-electron chi connectivity index (χ1n) is 8.18. The molecule has 3 rings (SSSR count). The molecule has 2 aromatic rings. The number of H-pyrrole nitrogens is 1. The number of hydrogen-bond donors (Lipinski definition) is 2. The summed E-state index contributed by atoms with van der Waals surface area (Å²) < 4.78 is 0. The average molecular weight is 314 g/mol. The van der Waals surface area contributed by atoms with Gasteiger partial charge in [-0.2, -0.15) is 0 Å². The number of carbonyl (C=O) groups excluding carboxylic acids is 1. The minimum absolute atomic E-state index is 0.0127. The molecular formula is C18H22N2O3. The van der Waals surface area contributed by atoms with Gasteiger partial charge in [-0.3, -0.25) is 9.59 Å². The summed E-state index contributed by atoms with van der Waals surface area (Å²) in [6.45, 7) is 3.10. The number of fused-ring (bicyclic) bond motifs is 1. The van der Waals surface area contributed by atoms with Crippen molar-refractivity contribution in [1.82, 2.24) is 9.88 Å². The van der Waals surface area contributed by atoms with Gasteiger partial charge in [0.15, 0.2) is 0 Å². The zero-order valence-corrected chi connectivity index (χ0v) is 13.3. The third-order valence-electron chi connectivity index (χ3n) is 4.73. The third-order valence-corrected chi connectivity index (χ3v) is 4.73. The molecule has 5 nitrogen and oxygen atoms in total. The van der Waals surface area contributed by atoms with Crippen molar-refractivity contribution in [2.75, 3.05) is 13.1 Å². The lowest BCUT2D eigenvalue weighted by Gasteiger charge is -2.30. The second-order valence-electron chi connectivity index (χ2n) is 6.20. The Kier molecular flexibility index (Phi) is 4.37. The predicted octanol–water partition coefficient (Wildman–Crippen LogP) is 2.60. The topological polar surface area (TPSA) is 73.4 Å². The molecule has 0 saturated carbocycles. The number of benzene rings is 1. The SMILES string of the molecule is CCc1cccc2c(CC(=O)N3CCC[C@H](C(=O)O)C3)c[nH]c12. The van der Waals surface area contributed by atoms with Gasteiger partial charge in [0.25, 0.3) is 0 Å². The molecule has 0 unspecified atom stereocenters. The monoisotopic (exact) mass is 314 g/mol. The van der Waals surface area contributed by atoms with Crippen LogP contribution in [-0.2, 0) is 22.4 Å². The summed E-state index contributed by atoms with van der Waals surface area (Å²) in [7, 11) is 0. The van der Waals surface area contributed by atoms with E-state index in [4.69, 9.17) is 5.11 Å². The maximum atomic E-state index is 12.6. The van der Waals surface area contributed by atoms with Crippen molar-refractivity contribution >= 4 is 22.8 Å². The van der Waals surface area contributed by atoms with Crippen LogP contribution in [0.3, 0.4) is 0 Å². The number of para-hydroxylation sites is 1. The highest BCUT2D eigenvalue weighted by atomic mass is 16.4. The van der Waals surface area contributed by atoms with E-state index < -0.39 is 11.9 Å². The number of carboxylic acid groups (broad SMARTS) is 1. The standard InChI is InChI=1S/C18H22N2O3/c1-2-12-5-3-7-15-14(10-19-17(12)15)9-16(21)20-8-4-6-13(11-20)18(22)23/h3,5,7,10,13,19H,2,4,6,8-9,11H2,1H3,(H,22,23)/t13-/m0/s1. The van der Waals surface area contributed by atoms with E-state index in [0.29, 0.717) is 25.9 Å². The van der Waals surface area contributed by atoms with Crippen LogP contribution < -0.4 is 0 Å². The number of aryl methyl sites for hydroxylation is 1. The molecule has 1 aromatic carbocycles. The third kappa shape index (κ3) is 3.09. The zero-order valence-electron chi connectivity index (χ0n) is 13.3. The van der Waals surface area contributed by atoms with Gasteiger partial charge in [0.1, 0.15) is 0 Å². The lowest BCUT2D eigenvalue weighted by molar-refractivity contribution is -0.145. The largest absolute Gasteiger partial charge is 0.481 e. The summed E-state index contributed by atoms with van der Waals surface area (Å²) in [6, 6.07) is 6.14. The summed E-state index contributed by atoms with van der Waals surface area (Å²) in [5.41, 5.74) is 3.32. The number of rotatable bonds is 4. The Bertz CT molecular complexity index is 735. The molecule has 1 amide bonds. The van der Waals surface area contributed by atoms with Crippen molar-refractivity contribution < 1.29 is 14.7 Å². The van der Waals surface area contributed by atoms with Gasteiger partial charge in [-0.25, -0.2) is 0 Å². The van der Waals surface area contributed by atoms with Gasteiger partial charge >= 0.3 is 5.97 Å². The van der Waals surface area contributed by atoms with Crippen molar-refractivity contribution in [3.8, 4) is 0 Å². The number of hydrogen-bond acceptors (Lipinski definition) is 2. The number of likely N-dealkylation sites (tertiary alicyclic amines) is 1. The van der Waals surface area contributed by atoms with Crippen molar-refractivity contribution in [2.45, 2.75) is 32.6 Å². The Hall–Kier alpha value is -2.30. The van der Waals surface area contributed by atoms with Crippen LogP contribution in [0.15, 0.2) is 24.4 Å². The van der Waals surface area contributed by atoms with Crippen LogP contribution in [0.25, 0.3) is 10.9 Å². The quantitative estimate of drug-likeness (QED) is 0.911. The zero-order chi connectivity index (χ0) is 16.4. The highest BCUT2D eigenvalue weighted by molar-refractivity contribution is 5.90. The predicted molar refractivity (Wildman–Crippen MR) is 88.3 cm³/mol. The number of aromatic amines is 1. The number of nitrogens with one attached hydrogen (secondary N) is 1. The van der Waals surface area contributed by atoms with E-state index >= 15 is 0 Å². The van der Waals surface area contributed by atoms with Gasteiger partial charge in [0, 0.05) is 30.2 Å². The van der Waals surface area contributed by atoms with Crippen LogP contribution in [0.5, 0.6) is 0 Å². The number of carboxylic acids is 1. The maximum absolute atomic E-state index is 12.6. The summed E-state index contributed by atoms with van der Waals surface area (Å²) in [5, 5.41) is 10.2. The van der Waals surface area contributed by atoms with E-state index in [9.17, 15) is 9.59 Å². The first-order valence-corrected chi connectivity index (χ1v) is 8.18. The number of piperidine rings is 1. The van der Waals surface area contributed by atoms with Crippen LogP contribution in [-0.4, -0.2) is 40.0 Å². The smallest absolute Gasteiger partial charge is 0.308 e. The number of carbonyl (C=O) groups is 2. The van der Waals surface area contributed by atoms with Crippen molar-refractivity contribution in [3.05, 3.63) is 35.5 Å². The Morgan fingerprint density at radius 1 is 1.35 bits per heavy atom. The molecule has 1 aliphatic rings. The second-order valence-corrected chi connectivity index (χ2v) is 6.20. The van der Waals surface area contributed by atoms with E-state index in [-0.39, 0.29) is 5.91 Å². The first-order chi connectivity index (χ1) is 11.1. The van der Waals surface area contributed by atoms with E-state index in [1.807, 2.05) is 18.3 Å². The molecule has 0 bridgehead atoms. The first kappa shape index (κ1) is 15.6. The molecular weight excluding hydrogens is 292 g/mol. The Morgan fingerprint density at radius 3 is 2.91 bits per heavy atom. The molecule has 0 radical (unpaired) electrons. The van der Waals surface area contributed by atoms with Crippen molar-refractivity contribution in [1.29, 1.82) is 0 Å². The summed E-state index contributed by atoms with van der Waals surface area (Å²) in [5.74, 6) is -1.22. The van der Waals surface area contributed by atoms with E-state index in [0.717, 1.165) is 29.3 Å². The van der Waals surface area contributed by atoms with Gasteiger partial charge in [-0.05, 0) is 30.4 Å². The molecule has 1 fully saturated rings.